The number of halogens is 3. The van der Waals surface area contributed by atoms with E-state index in [1.807, 2.05) is 0 Å². The van der Waals surface area contributed by atoms with Crippen LogP contribution in [0.25, 0.3) is 0 Å². The van der Waals surface area contributed by atoms with E-state index in [9.17, 15) is 8.42 Å². The molecular formula is C18H18Cl3NO4S. The summed E-state index contributed by atoms with van der Waals surface area (Å²) in [6.45, 7) is 0.179. The normalized spacial score (nSPS) is 18.0. The molecule has 0 aliphatic carbocycles. The second-order valence-electron chi connectivity index (χ2n) is 6.03. The summed E-state index contributed by atoms with van der Waals surface area (Å²) >= 11 is 18.7. The zero-order valence-electron chi connectivity index (χ0n) is 14.7. The molecule has 0 saturated heterocycles. The van der Waals surface area contributed by atoms with Crippen molar-refractivity contribution in [3.8, 4) is 11.5 Å². The molecule has 9 heteroatoms. The van der Waals surface area contributed by atoms with E-state index in [1.54, 1.807) is 30.3 Å². The lowest BCUT2D eigenvalue weighted by atomic mass is 9.94. The Kier molecular flexibility index (Phi) is 5.85. The summed E-state index contributed by atoms with van der Waals surface area (Å²) in [6, 6.07) is 10.6. The van der Waals surface area contributed by atoms with Crippen molar-refractivity contribution in [2.24, 2.45) is 0 Å². The van der Waals surface area contributed by atoms with Crippen molar-refractivity contribution >= 4 is 44.8 Å². The largest absolute Gasteiger partial charge is 0.493 e. The van der Waals surface area contributed by atoms with E-state index >= 15 is 0 Å². The Morgan fingerprint density at radius 2 is 1.63 bits per heavy atom. The summed E-state index contributed by atoms with van der Waals surface area (Å²) < 4.78 is 36.5. The van der Waals surface area contributed by atoms with Gasteiger partial charge in [-0.25, -0.2) is 8.42 Å². The smallest absolute Gasteiger partial charge is 0.243 e. The molecule has 0 amide bonds. The highest BCUT2D eigenvalue weighted by atomic mass is 35.6. The van der Waals surface area contributed by atoms with Crippen molar-refractivity contribution in [2.75, 3.05) is 20.8 Å². The van der Waals surface area contributed by atoms with Gasteiger partial charge in [0.15, 0.2) is 11.5 Å². The van der Waals surface area contributed by atoms with Gasteiger partial charge in [-0.2, -0.15) is 4.31 Å². The van der Waals surface area contributed by atoms with Crippen molar-refractivity contribution < 1.29 is 17.9 Å². The Balaban J connectivity index is 2.17. The Bertz CT molecular complexity index is 930. The lowest BCUT2D eigenvalue weighted by molar-refractivity contribution is 0.305. The van der Waals surface area contributed by atoms with Crippen molar-refractivity contribution in [3.05, 3.63) is 53.6 Å². The molecule has 0 saturated carbocycles. The molecule has 1 heterocycles. The molecule has 1 aliphatic heterocycles. The van der Waals surface area contributed by atoms with E-state index in [-0.39, 0.29) is 11.4 Å². The Morgan fingerprint density at radius 3 is 2.19 bits per heavy atom. The highest BCUT2D eigenvalue weighted by molar-refractivity contribution is 7.89. The first-order valence-corrected chi connectivity index (χ1v) is 10.7. The van der Waals surface area contributed by atoms with Crippen LogP contribution in [-0.2, 0) is 16.4 Å². The van der Waals surface area contributed by atoms with Gasteiger partial charge in [0, 0.05) is 6.54 Å². The zero-order chi connectivity index (χ0) is 19.8. The maximum absolute atomic E-state index is 13.2. The standard InChI is InChI=1S/C18H18Cl3NO4S/c1-25-15-10-12-8-9-22(27(23,24)13-6-4-3-5-7-13)17(18(19,20)21)14(12)11-16(15)26-2/h3-7,10-11,17H,8-9H2,1-2H3. The van der Waals surface area contributed by atoms with Crippen LogP contribution in [0.4, 0.5) is 0 Å². The molecule has 1 aliphatic rings. The third-order valence-corrected chi connectivity index (χ3v) is 6.99. The SMILES string of the molecule is COc1cc2c(cc1OC)C(C(Cl)(Cl)Cl)N(S(=O)(=O)c1ccccc1)CC2. The highest BCUT2D eigenvalue weighted by Gasteiger charge is 2.47. The van der Waals surface area contributed by atoms with Crippen LogP contribution in [0, 0.1) is 0 Å². The first kappa shape index (κ1) is 20.6. The molecule has 2 aromatic rings. The second-order valence-corrected chi connectivity index (χ2v) is 10.3. The molecular weight excluding hydrogens is 433 g/mol. The van der Waals surface area contributed by atoms with Crippen molar-refractivity contribution in [1.82, 2.24) is 4.31 Å². The minimum Gasteiger partial charge on any atom is -0.493 e. The number of fused-ring (bicyclic) bond motifs is 1. The predicted octanol–water partition coefficient (Wildman–Crippen LogP) is 4.36. The predicted molar refractivity (Wildman–Crippen MR) is 107 cm³/mol. The number of hydrogen-bond donors (Lipinski definition) is 0. The summed E-state index contributed by atoms with van der Waals surface area (Å²) in [7, 11) is -0.835. The number of benzene rings is 2. The number of sulfonamides is 1. The Hall–Kier alpha value is -1.18. The van der Waals surface area contributed by atoms with Crippen LogP contribution in [0.2, 0.25) is 0 Å². The fourth-order valence-corrected chi connectivity index (χ4v) is 5.78. The monoisotopic (exact) mass is 449 g/mol. The fourth-order valence-electron chi connectivity index (χ4n) is 3.25. The first-order chi connectivity index (χ1) is 12.7. The van der Waals surface area contributed by atoms with E-state index in [1.165, 1.54) is 30.7 Å². The molecule has 1 atom stereocenters. The summed E-state index contributed by atoms with van der Waals surface area (Å²) in [5.74, 6) is 0.980. The quantitative estimate of drug-likeness (QED) is 0.649. The average Bonchev–Trinajstić information content (AvgIpc) is 2.65. The van der Waals surface area contributed by atoms with Gasteiger partial charge in [-0.15, -0.1) is 0 Å². The molecule has 0 spiro atoms. The minimum absolute atomic E-state index is 0.146. The molecule has 3 rings (SSSR count). The maximum Gasteiger partial charge on any atom is 0.243 e. The van der Waals surface area contributed by atoms with E-state index < -0.39 is 19.9 Å². The molecule has 0 fully saturated rings. The molecule has 146 valence electrons. The average molecular weight is 451 g/mol. The number of rotatable bonds is 4. The third kappa shape index (κ3) is 3.87. The van der Waals surface area contributed by atoms with Crippen LogP contribution in [0.3, 0.4) is 0 Å². The summed E-state index contributed by atoms with van der Waals surface area (Å²) in [5, 5.41) is 0. The van der Waals surface area contributed by atoms with Crippen LogP contribution in [0.1, 0.15) is 17.2 Å². The minimum atomic E-state index is -3.86. The highest BCUT2D eigenvalue weighted by Crippen LogP contribution is 2.50. The van der Waals surface area contributed by atoms with Gasteiger partial charge in [0.1, 0.15) is 0 Å². The molecule has 1 unspecified atom stereocenters. The van der Waals surface area contributed by atoms with Crippen molar-refractivity contribution in [1.29, 1.82) is 0 Å². The Morgan fingerprint density at radius 1 is 1.04 bits per heavy atom. The molecule has 2 aromatic carbocycles. The van der Waals surface area contributed by atoms with E-state index in [4.69, 9.17) is 44.3 Å². The van der Waals surface area contributed by atoms with Crippen LogP contribution >= 0.6 is 34.8 Å². The molecule has 27 heavy (non-hydrogen) atoms. The van der Waals surface area contributed by atoms with E-state index in [0.717, 1.165) is 5.56 Å². The van der Waals surface area contributed by atoms with Crippen LogP contribution in [-0.4, -0.2) is 37.3 Å². The topological polar surface area (TPSA) is 55.8 Å². The molecule has 0 aromatic heterocycles. The van der Waals surface area contributed by atoms with Gasteiger partial charge < -0.3 is 9.47 Å². The van der Waals surface area contributed by atoms with Crippen molar-refractivity contribution in [2.45, 2.75) is 21.2 Å². The van der Waals surface area contributed by atoms with Gasteiger partial charge in [0.2, 0.25) is 13.8 Å². The Labute approximate surface area is 173 Å². The van der Waals surface area contributed by atoms with Gasteiger partial charge in [-0.1, -0.05) is 53.0 Å². The van der Waals surface area contributed by atoms with Crippen LogP contribution in [0.15, 0.2) is 47.4 Å². The lowest BCUT2D eigenvalue weighted by Crippen LogP contribution is -2.45. The van der Waals surface area contributed by atoms with Crippen LogP contribution in [0.5, 0.6) is 11.5 Å². The van der Waals surface area contributed by atoms with E-state index in [2.05, 4.69) is 0 Å². The second kappa shape index (κ2) is 7.68. The lowest BCUT2D eigenvalue weighted by Gasteiger charge is -2.40. The van der Waals surface area contributed by atoms with Gasteiger partial charge in [-0.05, 0) is 41.8 Å². The first-order valence-electron chi connectivity index (χ1n) is 8.08. The number of hydrogen-bond acceptors (Lipinski definition) is 4. The number of alkyl halides is 3. The molecule has 0 N–H and O–H groups in total. The third-order valence-electron chi connectivity index (χ3n) is 4.49. The van der Waals surface area contributed by atoms with E-state index in [0.29, 0.717) is 23.5 Å². The van der Waals surface area contributed by atoms with Gasteiger partial charge >= 0.3 is 0 Å². The van der Waals surface area contributed by atoms with Gasteiger partial charge in [-0.3, -0.25) is 0 Å². The number of methoxy groups -OCH3 is 2. The van der Waals surface area contributed by atoms with Gasteiger partial charge in [0.25, 0.3) is 0 Å². The number of nitrogens with zero attached hydrogens (tertiary/aromatic N) is 1. The fraction of sp³-hybridized carbons (Fsp3) is 0.333. The summed E-state index contributed by atoms with van der Waals surface area (Å²) in [6.07, 6.45) is 0.457. The molecule has 0 bridgehead atoms. The summed E-state index contributed by atoms with van der Waals surface area (Å²) in [5.41, 5.74) is 1.43. The van der Waals surface area contributed by atoms with Crippen molar-refractivity contribution in [3.63, 3.8) is 0 Å². The molecule has 0 radical (unpaired) electrons. The van der Waals surface area contributed by atoms with Crippen LogP contribution < -0.4 is 9.47 Å². The zero-order valence-corrected chi connectivity index (χ0v) is 17.7. The number of ether oxygens (including phenoxy) is 2. The van der Waals surface area contributed by atoms with Gasteiger partial charge in [0.05, 0.1) is 25.2 Å². The summed E-state index contributed by atoms with van der Waals surface area (Å²) in [4.78, 5) is 0.146. The molecule has 5 nitrogen and oxygen atoms in total. The maximum atomic E-state index is 13.2.